The molecule has 1 aromatic rings. The Labute approximate surface area is 135 Å². The molecule has 1 unspecified atom stereocenters. The van der Waals surface area contributed by atoms with Crippen molar-refractivity contribution in [2.45, 2.75) is 39.2 Å². The summed E-state index contributed by atoms with van der Waals surface area (Å²) in [6, 6.07) is 6.25. The first kappa shape index (κ1) is 16.3. The van der Waals surface area contributed by atoms with Gasteiger partial charge in [0.25, 0.3) is 0 Å². The van der Waals surface area contributed by atoms with Crippen molar-refractivity contribution in [3.05, 3.63) is 33.3 Å². The zero-order chi connectivity index (χ0) is 14.8. The Kier molecular flexibility index (Phi) is 5.52. The Hall–Kier alpha value is -0.0900. The molecule has 1 aliphatic rings. The van der Waals surface area contributed by atoms with Crippen molar-refractivity contribution in [2.75, 3.05) is 19.6 Å². The molecular formula is C16H24BrClN2. The molecule has 2 nitrogen and oxygen atoms in total. The van der Waals surface area contributed by atoms with E-state index in [1.54, 1.807) is 0 Å². The van der Waals surface area contributed by atoms with Crippen molar-refractivity contribution in [3.63, 3.8) is 0 Å². The van der Waals surface area contributed by atoms with Crippen molar-refractivity contribution in [2.24, 2.45) is 11.1 Å². The number of benzene rings is 1. The minimum Gasteiger partial charge on any atom is -0.329 e. The van der Waals surface area contributed by atoms with Gasteiger partial charge in [0.05, 0.1) is 0 Å². The first-order valence-corrected chi connectivity index (χ1v) is 8.49. The molecule has 0 radical (unpaired) electrons. The maximum Gasteiger partial charge on any atom is 0.0485 e. The summed E-state index contributed by atoms with van der Waals surface area (Å²) < 4.78 is 1.06. The summed E-state index contributed by atoms with van der Waals surface area (Å²) in [4.78, 5) is 2.50. The highest BCUT2D eigenvalue weighted by Gasteiger charge is 2.28. The molecule has 0 aromatic heterocycles. The minimum atomic E-state index is 0.217. The number of hydrogen-bond acceptors (Lipinski definition) is 2. The monoisotopic (exact) mass is 358 g/mol. The lowest BCUT2D eigenvalue weighted by Crippen LogP contribution is -2.35. The maximum absolute atomic E-state index is 6.38. The molecule has 20 heavy (non-hydrogen) atoms. The molecule has 0 amide bonds. The molecule has 0 saturated carbocycles. The number of nitrogens with zero attached hydrogens (tertiary/aromatic N) is 1. The zero-order valence-electron chi connectivity index (χ0n) is 12.3. The topological polar surface area (TPSA) is 29.3 Å². The fourth-order valence-corrected chi connectivity index (χ4v) is 3.62. The van der Waals surface area contributed by atoms with E-state index in [9.17, 15) is 0 Å². The Morgan fingerprint density at radius 2 is 2.10 bits per heavy atom. The van der Waals surface area contributed by atoms with Crippen LogP contribution < -0.4 is 5.73 Å². The smallest absolute Gasteiger partial charge is 0.0485 e. The summed E-state index contributed by atoms with van der Waals surface area (Å²) >= 11 is 9.92. The van der Waals surface area contributed by atoms with Gasteiger partial charge in [-0.15, -0.1) is 0 Å². The highest BCUT2D eigenvalue weighted by Crippen LogP contribution is 2.35. The third-order valence-corrected chi connectivity index (χ3v) is 5.19. The van der Waals surface area contributed by atoms with Gasteiger partial charge >= 0.3 is 0 Å². The Morgan fingerprint density at radius 1 is 1.35 bits per heavy atom. The second kappa shape index (κ2) is 6.78. The van der Waals surface area contributed by atoms with E-state index < -0.39 is 0 Å². The van der Waals surface area contributed by atoms with Crippen molar-refractivity contribution in [1.82, 2.24) is 4.90 Å². The molecule has 1 heterocycles. The van der Waals surface area contributed by atoms with Crippen LogP contribution in [0.2, 0.25) is 5.02 Å². The molecule has 112 valence electrons. The summed E-state index contributed by atoms with van der Waals surface area (Å²) in [5.74, 6) is 0. The first-order chi connectivity index (χ1) is 9.43. The number of hydrogen-bond donors (Lipinski definition) is 1. The first-order valence-electron chi connectivity index (χ1n) is 7.32. The van der Waals surface area contributed by atoms with Gasteiger partial charge in [0.1, 0.15) is 0 Å². The fraction of sp³-hybridized carbons (Fsp3) is 0.625. The van der Waals surface area contributed by atoms with Crippen molar-refractivity contribution >= 4 is 27.5 Å². The SMILES string of the molecule is CC1(C)CCCN(C(CN)c2cc(Br)ccc2Cl)CC1. The van der Waals surface area contributed by atoms with Crippen molar-refractivity contribution < 1.29 is 0 Å². The molecule has 2 N–H and O–H groups in total. The number of nitrogens with two attached hydrogens (primary N) is 1. The number of rotatable bonds is 3. The molecule has 1 aromatic carbocycles. The summed E-state index contributed by atoms with van der Waals surface area (Å²) in [6.07, 6.45) is 3.73. The van der Waals surface area contributed by atoms with Gasteiger partial charge in [-0.3, -0.25) is 4.90 Å². The standard InChI is InChI=1S/C16H24BrClN2/c1-16(2)6-3-8-20(9-7-16)15(11-19)13-10-12(17)4-5-14(13)18/h4-5,10,15H,3,6-9,11,19H2,1-2H3. The maximum atomic E-state index is 6.38. The van der Waals surface area contributed by atoms with Gasteiger partial charge in [-0.2, -0.15) is 0 Å². The van der Waals surface area contributed by atoms with E-state index in [1.165, 1.54) is 19.3 Å². The van der Waals surface area contributed by atoms with Crippen LogP contribution >= 0.6 is 27.5 Å². The molecule has 2 rings (SSSR count). The number of halogens is 2. The average Bonchev–Trinajstić information content (AvgIpc) is 2.56. The van der Waals surface area contributed by atoms with Gasteiger partial charge < -0.3 is 5.73 Å². The Bertz CT molecular complexity index is 462. The van der Waals surface area contributed by atoms with Crippen LogP contribution in [-0.4, -0.2) is 24.5 Å². The van der Waals surface area contributed by atoms with E-state index in [2.05, 4.69) is 40.7 Å². The minimum absolute atomic E-state index is 0.217. The predicted molar refractivity (Wildman–Crippen MR) is 90.2 cm³/mol. The van der Waals surface area contributed by atoms with Crippen LogP contribution in [0.4, 0.5) is 0 Å². The van der Waals surface area contributed by atoms with Crippen LogP contribution in [0.25, 0.3) is 0 Å². The third kappa shape index (κ3) is 3.97. The Morgan fingerprint density at radius 3 is 2.80 bits per heavy atom. The van der Waals surface area contributed by atoms with Crippen LogP contribution in [0.15, 0.2) is 22.7 Å². The van der Waals surface area contributed by atoms with Crippen molar-refractivity contribution in [3.8, 4) is 0 Å². The highest BCUT2D eigenvalue weighted by molar-refractivity contribution is 9.10. The summed E-state index contributed by atoms with van der Waals surface area (Å²) in [5, 5.41) is 0.812. The lowest BCUT2D eigenvalue weighted by molar-refractivity contribution is 0.200. The largest absolute Gasteiger partial charge is 0.329 e. The van der Waals surface area contributed by atoms with Gasteiger partial charge in [0, 0.05) is 22.1 Å². The number of likely N-dealkylation sites (tertiary alicyclic amines) is 1. The molecule has 0 spiro atoms. The summed E-state index contributed by atoms with van der Waals surface area (Å²) in [5.41, 5.74) is 7.64. The molecule has 0 bridgehead atoms. The molecule has 1 saturated heterocycles. The van der Waals surface area contributed by atoms with Crippen LogP contribution in [0, 0.1) is 5.41 Å². The highest BCUT2D eigenvalue weighted by atomic mass is 79.9. The molecule has 4 heteroatoms. The van der Waals surface area contributed by atoms with E-state index in [0.717, 1.165) is 28.1 Å². The molecule has 1 fully saturated rings. The van der Waals surface area contributed by atoms with Gasteiger partial charge in [-0.1, -0.05) is 41.4 Å². The lowest BCUT2D eigenvalue weighted by Gasteiger charge is -2.31. The van der Waals surface area contributed by atoms with Crippen LogP contribution in [0.5, 0.6) is 0 Å². The fourth-order valence-electron chi connectivity index (χ4n) is 3.00. The van der Waals surface area contributed by atoms with E-state index in [-0.39, 0.29) is 6.04 Å². The Balaban J connectivity index is 2.21. The van der Waals surface area contributed by atoms with E-state index in [1.807, 2.05) is 12.1 Å². The van der Waals surface area contributed by atoms with Crippen LogP contribution in [0.1, 0.15) is 44.7 Å². The van der Waals surface area contributed by atoms with Crippen molar-refractivity contribution in [1.29, 1.82) is 0 Å². The van der Waals surface area contributed by atoms with Crippen LogP contribution in [0.3, 0.4) is 0 Å². The molecular weight excluding hydrogens is 336 g/mol. The predicted octanol–water partition coefficient (Wildman–Crippen LogP) is 4.61. The van der Waals surface area contributed by atoms with E-state index in [0.29, 0.717) is 12.0 Å². The zero-order valence-corrected chi connectivity index (χ0v) is 14.7. The normalized spacial score (nSPS) is 21.4. The lowest BCUT2D eigenvalue weighted by atomic mass is 9.85. The summed E-state index contributed by atoms with van der Waals surface area (Å²) in [7, 11) is 0. The molecule has 1 aliphatic heterocycles. The van der Waals surface area contributed by atoms with Crippen LogP contribution in [-0.2, 0) is 0 Å². The van der Waals surface area contributed by atoms with Gasteiger partial charge in [0.15, 0.2) is 0 Å². The molecule has 1 atom stereocenters. The van der Waals surface area contributed by atoms with E-state index >= 15 is 0 Å². The molecule has 0 aliphatic carbocycles. The van der Waals surface area contributed by atoms with Gasteiger partial charge in [0.2, 0.25) is 0 Å². The van der Waals surface area contributed by atoms with Gasteiger partial charge in [-0.05, 0) is 61.5 Å². The second-order valence-electron chi connectivity index (χ2n) is 6.47. The average molecular weight is 360 g/mol. The van der Waals surface area contributed by atoms with Gasteiger partial charge in [-0.25, -0.2) is 0 Å². The second-order valence-corrected chi connectivity index (χ2v) is 7.79. The third-order valence-electron chi connectivity index (χ3n) is 4.36. The van der Waals surface area contributed by atoms with E-state index in [4.69, 9.17) is 17.3 Å². The summed E-state index contributed by atoms with van der Waals surface area (Å²) in [6.45, 7) is 7.53. The quantitative estimate of drug-likeness (QED) is 0.853.